The van der Waals surface area contributed by atoms with Crippen LogP contribution in [0.1, 0.15) is 19.8 Å². The summed E-state index contributed by atoms with van der Waals surface area (Å²) in [5.41, 5.74) is 2.00. The van der Waals surface area contributed by atoms with E-state index in [1.165, 1.54) is 11.8 Å². The van der Waals surface area contributed by atoms with Crippen LogP contribution < -0.4 is 0 Å². The van der Waals surface area contributed by atoms with Crippen molar-refractivity contribution in [1.29, 1.82) is 0 Å². The van der Waals surface area contributed by atoms with Gasteiger partial charge in [-0.05, 0) is 31.9 Å². The second kappa shape index (κ2) is 7.91. The fraction of sp³-hybridized carbons (Fsp3) is 0.500. The molecule has 134 valence electrons. The zero-order valence-corrected chi connectivity index (χ0v) is 15.4. The number of rotatable bonds is 5. The average molecular weight is 361 g/mol. The van der Waals surface area contributed by atoms with Gasteiger partial charge in [0.05, 0.1) is 29.3 Å². The maximum absolute atomic E-state index is 12.5. The fourth-order valence-electron chi connectivity index (χ4n) is 3.09. The van der Waals surface area contributed by atoms with Crippen LogP contribution in [0.3, 0.4) is 0 Å². The van der Waals surface area contributed by atoms with Gasteiger partial charge in [-0.15, -0.1) is 0 Å². The Morgan fingerprint density at radius 2 is 2.00 bits per heavy atom. The van der Waals surface area contributed by atoms with Crippen LogP contribution in [0.4, 0.5) is 0 Å². The van der Waals surface area contributed by atoms with E-state index in [9.17, 15) is 9.59 Å². The number of piperidine rings is 1. The molecule has 0 radical (unpaired) electrons. The van der Waals surface area contributed by atoms with Crippen molar-refractivity contribution in [2.24, 2.45) is 13.0 Å². The monoisotopic (exact) mass is 361 g/mol. The lowest BCUT2D eigenvalue weighted by atomic mass is 9.97. The average Bonchev–Trinajstić information content (AvgIpc) is 2.96. The summed E-state index contributed by atoms with van der Waals surface area (Å²) in [4.78, 5) is 30.6. The van der Waals surface area contributed by atoms with Crippen molar-refractivity contribution in [1.82, 2.24) is 14.5 Å². The molecule has 1 aliphatic heterocycles. The maximum atomic E-state index is 12.5. The molecule has 3 rings (SSSR count). The molecule has 1 aliphatic rings. The van der Waals surface area contributed by atoms with E-state index in [2.05, 4.69) is 4.98 Å². The molecule has 1 amide bonds. The molecule has 1 aromatic heterocycles. The molecule has 25 heavy (non-hydrogen) atoms. The first-order valence-electron chi connectivity index (χ1n) is 8.58. The lowest BCUT2D eigenvalue weighted by molar-refractivity contribution is -0.151. The van der Waals surface area contributed by atoms with Crippen molar-refractivity contribution >= 4 is 34.7 Å². The van der Waals surface area contributed by atoms with E-state index >= 15 is 0 Å². The van der Waals surface area contributed by atoms with E-state index in [1.807, 2.05) is 47.7 Å². The van der Waals surface area contributed by atoms with Crippen LogP contribution in [-0.4, -0.2) is 51.8 Å². The van der Waals surface area contributed by atoms with E-state index in [-0.39, 0.29) is 17.8 Å². The number of para-hydroxylation sites is 2. The summed E-state index contributed by atoms with van der Waals surface area (Å²) in [6, 6.07) is 7.94. The molecule has 0 atom stereocenters. The quantitative estimate of drug-likeness (QED) is 0.605. The molecule has 2 heterocycles. The van der Waals surface area contributed by atoms with Gasteiger partial charge in [0.2, 0.25) is 5.91 Å². The van der Waals surface area contributed by atoms with Gasteiger partial charge in [0, 0.05) is 20.1 Å². The van der Waals surface area contributed by atoms with E-state index in [0.717, 1.165) is 16.2 Å². The van der Waals surface area contributed by atoms with Crippen LogP contribution in [0.15, 0.2) is 29.4 Å². The topological polar surface area (TPSA) is 64.4 Å². The zero-order valence-electron chi connectivity index (χ0n) is 14.6. The number of hydrogen-bond donors (Lipinski definition) is 0. The van der Waals surface area contributed by atoms with Crippen molar-refractivity contribution in [2.75, 3.05) is 25.4 Å². The Bertz CT molecular complexity index is 766. The van der Waals surface area contributed by atoms with E-state index in [0.29, 0.717) is 38.3 Å². The smallest absolute Gasteiger partial charge is 0.309 e. The first-order chi connectivity index (χ1) is 12.1. The predicted molar refractivity (Wildman–Crippen MR) is 97.4 cm³/mol. The number of nitrogens with zero attached hydrogens (tertiary/aromatic N) is 3. The van der Waals surface area contributed by atoms with Crippen molar-refractivity contribution in [3.63, 3.8) is 0 Å². The zero-order chi connectivity index (χ0) is 17.8. The summed E-state index contributed by atoms with van der Waals surface area (Å²) in [5, 5.41) is 0.843. The Morgan fingerprint density at radius 1 is 1.28 bits per heavy atom. The number of aromatic nitrogens is 2. The largest absolute Gasteiger partial charge is 0.466 e. The van der Waals surface area contributed by atoms with Gasteiger partial charge in [0.15, 0.2) is 5.16 Å². The molecule has 0 spiro atoms. The number of esters is 1. The van der Waals surface area contributed by atoms with Gasteiger partial charge in [-0.2, -0.15) is 0 Å². The normalized spacial score (nSPS) is 15.5. The van der Waals surface area contributed by atoms with Crippen LogP contribution in [0.2, 0.25) is 0 Å². The number of aryl methyl sites for hydroxylation is 1. The maximum Gasteiger partial charge on any atom is 0.309 e. The lowest BCUT2D eigenvalue weighted by Gasteiger charge is -2.30. The number of carbonyl (C=O) groups is 2. The number of amides is 1. The second-order valence-electron chi connectivity index (χ2n) is 6.14. The van der Waals surface area contributed by atoms with Gasteiger partial charge >= 0.3 is 5.97 Å². The highest BCUT2D eigenvalue weighted by molar-refractivity contribution is 7.99. The minimum absolute atomic E-state index is 0.0727. The third-order valence-corrected chi connectivity index (χ3v) is 5.55. The van der Waals surface area contributed by atoms with Gasteiger partial charge in [0.25, 0.3) is 0 Å². The second-order valence-corrected chi connectivity index (χ2v) is 7.08. The number of carbonyl (C=O) groups excluding carboxylic acids is 2. The Balaban J connectivity index is 1.53. The van der Waals surface area contributed by atoms with Crippen molar-refractivity contribution in [3.8, 4) is 0 Å². The molecular formula is C18H23N3O3S. The molecule has 0 unspecified atom stereocenters. The molecular weight excluding hydrogens is 338 g/mol. The van der Waals surface area contributed by atoms with Crippen LogP contribution in [0.5, 0.6) is 0 Å². The summed E-state index contributed by atoms with van der Waals surface area (Å²) in [6.07, 6.45) is 1.36. The summed E-state index contributed by atoms with van der Waals surface area (Å²) in [7, 11) is 1.97. The van der Waals surface area contributed by atoms with Gasteiger partial charge in [0.1, 0.15) is 0 Å². The van der Waals surface area contributed by atoms with Gasteiger partial charge in [-0.3, -0.25) is 9.59 Å². The third-order valence-electron chi connectivity index (χ3n) is 4.54. The van der Waals surface area contributed by atoms with Crippen molar-refractivity contribution in [3.05, 3.63) is 24.3 Å². The molecule has 0 N–H and O–H groups in total. The Labute approximate surface area is 151 Å². The number of ether oxygens (including phenoxy) is 1. The molecule has 6 nitrogen and oxygen atoms in total. The molecule has 1 saturated heterocycles. The van der Waals surface area contributed by atoms with Crippen molar-refractivity contribution < 1.29 is 14.3 Å². The fourth-order valence-corrected chi connectivity index (χ4v) is 3.98. The molecule has 1 fully saturated rings. The van der Waals surface area contributed by atoms with Crippen LogP contribution in [0, 0.1) is 5.92 Å². The third kappa shape index (κ3) is 3.98. The molecule has 1 aromatic carbocycles. The van der Waals surface area contributed by atoms with E-state index in [1.54, 1.807) is 0 Å². The summed E-state index contributed by atoms with van der Waals surface area (Å²) in [5.74, 6) is 0.251. The van der Waals surface area contributed by atoms with Crippen LogP contribution in [0.25, 0.3) is 11.0 Å². The molecule has 0 aliphatic carbocycles. The first kappa shape index (κ1) is 17.8. The minimum atomic E-state index is -0.135. The Kier molecular flexibility index (Phi) is 5.63. The van der Waals surface area contributed by atoms with E-state index in [4.69, 9.17) is 4.74 Å². The van der Waals surface area contributed by atoms with Crippen LogP contribution >= 0.6 is 11.8 Å². The number of imidazole rings is 1. The van der Waals surface area contributed by atoms with Gasteiger partial charge < -0.3 is 14.2 Å². The number of hydrogen-bond acceptors (Lipinski definition) is 5. The highest BCUT2D eigenvalue weighted by Crippen LogP contribution is 2.24. The van der Waals surface area contributed by atoms with Crippen LogP contribution in [-0.2, 0) is 21.4 Å². The molecule has 2 aromatic rings. The van der Waals surface area contributed by atoms with Crippen molar-refractivity contribution in [2.45, 2.75) is 24.9 Å². The summed E-state index contributed by atoms with van der Waals surface area (Å²) >= 11 is 1.46. The standard InChI is InChI=1S/C18H23N3O3S/c1-3-24-17(23)13-8-10-21(11-9-13)16(22)12-25-18-19-14-6-4-5-7-15(14)20(18)2/h4-7,13H,3,8-12H2,1-2H3. The van der Waals surface area contributed by atoms with E-state index < -0.39 is 0 Å². The summed E-state index contributed by atoms with van der Waals surface area (Å²) in [6.45, 7) is 3.46. The Morgan fingerprint density at radius 3 is 2.68 bits per heavy atom. The SMILES string of the molecule is CCOC(=O)C1CCN(C(=O)CSc2nc3ccccc3n2C)CC1. The first-order valence-corrected chi connectivity index (χ1v) is 9.57. The predicted octanol–water partition coefficient (Wildman–Crippen LogP) is 2.47. The number of likely N-dealkylation sites (tertiary alicyclic amines) is 1. The highest BCUT2D eigenvalue weighted by atomic mass is 32.2. The number of fused-ring (bicyclic) bond motifs is 1. The van der Waals surface area contributed by atoms with Gasteiger partial charge in [-0.1, -0.05) is 23.9 Å². The lowest BCUT2D eigenvalue weighted by Crippen LogP contribution is -2.41. The number of benzene rings is 1. The Hall–Kier alpha value is -2.02. The summed E-state index contributed by atoms with van der Waals surface area (Å²) < 4.78 is 7.08. The molecule has 0 bridgehead atoms. The molecule has 0 saturated carbocycles. The highest BCUT2D eigenvalue weighted by Gasteiger charge is 2.28. The van der Waals surface area contributed by atoms with Gasteiger partial charge in [-0.25, -0.2) is 4.98 Å². The molecule has 7 heteroatoms. The number of thioether (sulfide) groups is 1. The minimum Gasteiger partial charge on any atom is -0.466 e.